The van der Waals surface area contributed by atoms with Crippen molar-refractivity contribution in [3.05, 3.63) is 0 Å². The largest absolute Gasteiger partial charge is 0.381 e. The fourth-order valence-corrected chi connectivity index (χ4v) is 4.51. The van der Waals surface area contributed by atoms with Crippen LogP contribution in [-0.4, -0.2) is 55.6 Å². The summed E-state index contributed by atoms with van der Waals surface area (Å²) in [5.74, 6) is 0.414. The molecule has 0 aromatic rings. The Balaban J connectivity index is 1.49. The molecule has 2 saturated heterocycles. The number of nitrogens with two attached hydrogens (primary N) is 1. The molecule has 1 saturated carbocycles. The Labute approximate surface area is 150 Å². The highest BCUT2D eigenvalue weighted by molar-refractivity contribution is 5.84. The van der Waals surface area contributed by atoms with Crippen molar-refractivity contribution in [2.24, 2.45) is 17.1 Å². The van der Waals surface area contributed by atoms with E-state index in [1.807, 2.05) is 4.90 Å². The molecule has 6 nitrogen and oxygen atoms in total. The Morgan fingerprint density at radius 3 is 2.28 bits per heavy atom. The van der Waals surface area contributed by atoms with Crippen molar-refractivity contribution in [3.8, 4) is 0 Å². The molecule has 0 atom stereocenters. The molecule has 1 aliphatic carbocycles. The fourth-order valence-electron chi connectivity index (χ4n) is 4.51. The molecule has 6 heteroatoms. The van der Waals surface area contributed by atoms with Gasteiger partial charge < -0.3 is 20.7 Å². The Kier molecular flexibility index (Phi) is 6.34. The third kappa shape index (κ3) is 4.34. The number of hydrogen-bond donors (Lipinski definition) is 2. The minimum atomic E-state index is -0.449. The van der Waals surface area contributed by atoms with Crippen LogP contribution >= 0.6 is 0 Å². The van der Waals surface area contributed by atoms with Crippen LogP contribution in [-0.2, 0) is 14.3 Å². The van der Waals surface area contributed by atoms with Crippen LogP contribution in [0.2, 0.25) is 0 Å². The Bertz CT molecular complexity index is 463. The van der Waals surface area contributed by atoms with Crippen LogP contribution in [0.25, 0.3) is 0 Å². The molecule has 3 N–H and O–H groups in total. The first-order valence-corrected chi connectivity index (χ1v) is 10.0. The van der Waals surface area contributed by atoms with E-state index in [1.54, 1.807) is 0 Å². The number of amides is 2. The van der Waals surface area contributed by atoms with E-state index < -0.39 is 5.41 Å². The van der Waals surface area contributed by atoms with Gasteiger partial charge in [-0.15, -0.1) is 0 Å². The van der Waals surface area contributed by atoms with Gasteiger partial charge in [0.1, 0.15) is 0 Å². The zero-order chi connectivity index (χ0) is 17.7. The molecule has 142 valence electrons. The van der Waals surface area contributed by atoms with E-state index >= 15 is 0 Å². The van der Waals surface area contributed by atoms with Crippen molar-refractivity contribution in [1.29, 1.82) is 0 Å². The standard InChI is InChI=1S/C19H33N3O3/c20-14-19(8-12-25-13-9-19)18(24)22-10-6-15(7-11-22)17(23)21-16-4-2-1-3-5-16/h15-16H,1-14,20H2,(H,21,23). The number of ether oxygens (including phenoxy) is 1. The van der Waals surface area contributed by atoms with E-state index in [0.29, 0.717) is 51.7 Å². The lowest BCUT2D eigenvalue weighted by Crippen LogP contribution is -2.53. The number of likely N-dealkylation sites (tertiary alicyclic amines) is 1. The summed E-state index contributed by atoms with van der Waals surface area (Å²) in [5, 5.41) is 3.24. The normalized spacial score (nSPS) is 25.6. The van der Waals surface area contributed by atoms with Gasteiger partial charge in [0.2, 0.25) is 11.8 Å². The van der Waals surface area contributed by atoms with Gasteiger partial charge in [-0.25, -0.2) is 0 Å². The number of rotatable bonds is 4. The first-order valence-electron chi connectivity index (χ1n) is 10.0. The average Bonchev–Trinajstić information content (AvgIpc) is 2.69. The van der Waals surface area contributed by atoms with Gasteiger partial charge in [0.25, 0.3) is 0 Å². The van der Waals surface area contributed by atoms with Gasteiger partial charge in [0.15, 0.2) is 0 Å². The van der Waals surface area contributed by atoms with E-state index in [-0.39, 0.29) is 17.7 Å². The van der Waals surface area contributed by atoms with Crippen LogP contribution in [0.15, 0.2) is 0 Å². The predicted octanol–water partition coefficient (Wildman–Crippen LogP) is 1.43. The second-order valence-electron chi connectivity index (χ2n) is 8.01. The predicted molar refractivity (Wildman–Crippen MR) is 95.9 cm³/mol. The zero-order valence-corrected chi connectivity index (χ0v) is 15.3. The molecule has 0 bridgehead atoms. The molecule has 0 radical (unpaired) electrons. The summed E-state index contributed by atoms with van der Waals surface area (Å²) in [7, 11) is 0. The molecule has 0 unspecified atom stereocenters. The highest BCUT2D eigenvalue weighted by atomic mass is 16.5. The van der Waals surface area contributed by atoms with Crippen LogP contribution in [0.1, 0.15) is 57.8 Å². The van der Waals surface area contributed by atoms with Crippen LogP contribution < -0.4 is 11.1 Å². The fraction of sp³-hybridized carbons (Fsp3) is 0.895. The lowest BCUT2D eigenvalue weighted by molar-refractivity contribution is -0.149. The molecule has 0 aromatic carbocycles. The molecule has 2 aliphatic heterocycles. The number of carbonyl (C=O) groups excluding carboxylic acids is 2. The van der Waals surface area contributed by atoms with Gasteiger partial charge >= 0.3 is 0 Å². The van der Waals surface area contributed by atoms with E-state index in [1.165, 1.54) is 19.3 Å². The van der Waals surface area contributed by atoms with E-state index in [4.69, 9.17) is 10.5 Å². The van der Waals surface area contributed by atoms with E-state index in [2.05, 4.69) is 5.32 Å². The van der Waals surface area contributed by atoms with Crippen molar-refractivity contribution < 1.29 is 14.3 Å². The summed E-state index contributed by atoms with van der Waals surface area (Å²) in [6.07, 6.45) is 8.93. The number of nitrogens with one attached hydrogen (secondary N) is 1. The maximum atomic E-state index is 13.0. The molecular weight excluding hydrogens is 318 g/mol. The molecule has 3 aliphatic rings. The van der Waals surface area contributed by atoms with Gasteiger partial charge in [-0.2, -0.15) is 0 Å². The smallest absolute Gasteiger partial charge is 0.230 e. The minimum absolute atomic E-state index is 0.0505. The quantitative estimate of drug-likeness (QED) is 0.802. The van der Waals surface area contributed by atoms with Crippen LogP contribution in [0, 0.1) is 11.3 Å². The molecule has 25 heavy (non-hydrogen) atoms. The average molecular weight is 351 g/mol. The van der Waals surface area contributed by atoms with Gasteiger partial charge in [-0.3, -0.25) is 9.59 Å². The summed E-state index contributed by atoms with van der Waals surface area (Å²) < 4.78 is 5.41. The lowest BCUT2D eigenvalue weighted by Gasteiger charge is -2.41. The Morgan fingerprint density at radius 2 is 1.68 bits per heavy atom. The number of piperidine rings is 1. The highest BCUT2D eigenvalue weighted by Gasteiger charge is 2.42. The van der Waals surface area contributed by atoms with Crippen molar-refractivity contribution in [3.63, 3.8) is 0 Å². The summed E-state index contributed by atoms with van der Waals surface area (Å²) in [5.41, 5.74) is 5.51. The second kappa shape index (κ2) is 8.49. The first-order chi connectivity index (χ1) is 12.1. The molecular formula is C19H33N3O3. The topological polar surface area (TPSA) is 84.7 Å². The van der Waals surface area contributed by atoms with Crippen molar-refractivity contribution in [1.82, 2.24) is 10.2 Å². The van der Waals surface area contributed by atoms with Gasteiger partial charge in [0, 0.05) is 44.8 Å². The monoisotopic (exact) mass is 351 g/mol. The zero-order valence-electron chi connectivity index (χ0n) is 15.3. The third-order valence-corrected chi connectivity index (χ3v) is 6.40. The van der Waals surface area contributed by atoms with Crippen LogP contribution in [0.5, 0.6) is 0 Å². The summed E-state index contributed by atoms with van der Waals surface area (Å²) in [6.45, 7) is 2.96. The van der Waals surface area contributed by atoms with E-state index in [9.17, 15) is 9.59 Å². The van der Waals surface area contributed by atoms with Gasteiger partial charge in [-0.1, -0.05) is 19.3 Å². The van der Waals surface area contributed by atoms with Crippen molar-refractivity contribution >= 4 is 11.8 Å². The molecule has 2 amide bonds. The Morgan fingerprint density at radius 1 is 1.04 bits per heavy atom. The third-order valence-electron chi connectivity index (χ3n) is 6.40. The maximum absolute atomic E-state index is 13.0. The molecule has 0 aromatic heterocycles. The summed E-state index contributed by atoms with van der Waals surface area (Å²) in [4.78, 5) is 27.4. The summed E-state index contributed by atoms with van der Waals surface area (Å²) in [6, 6.07) is 0.364. The molecule has 3 rings (SSSR count). The summed E-state index contributed by atoms with van der Waals surface area (Å²) >= 11 is 0. The van der Waals surface area contributed by atoms with E-state index in [0.717, 1.165) is 25.7 Å². The Hall–Kier alpha value is -1.14. The minimum Gasteiger partial charge on any atom is -0.381 e. The molecule has 2 heterocycles. The van der Waals surface area contributed by atoms with Crippen molar-refractivity contribution in [2.45, 2.75) is 63.8 Å². The second-order valence-corrected chi connectivity index (χ2v) is 8.01. The molecule has 3 fully saturated rings. The number of carbonyl (C=O) groups is 2. The van der Waals surface area contributed by atoms with Crippen LogP contribution in [0.4, 0.5) is 0 Å². The highest BCUT2D eigenvalue weighted by Crippen LogP contribution is 2.33. The van der Waals surface area contributed by atoms with Gasteiger partial charge in [0.05, 0.1) is 5.41 Å². The number of nitrogens with zero attached hydrogens (tertiary/aromatic N) is 1. The first kappa shape index (κ1) is 18.6. The maximum Gasteiger partial charge on any atom is 0.230 e. The van der Waals surface area contributed by atoms with Crippen molar-refractivity contribution in [2.75, 3.05) is 32.8 Å². The lowest BCUT2D eigenvalue weighted by atomic mass is 9.78. The molecule has 0 spiro atoms. The number of hydrogen-bond acceptors (Lipinski definition) is 4. The SMILES string of the molecule is NCC1(C(=O)N2CCC(C(=O)NC3CCCCC3)CC2)CCOCC1. The van der Waals surface area contributed by atoms with Gasteiger partial charge in [-0.05, 0) is 38.5 Å². The van der Waals surface area contributed by atoms with Crippen LogP contribution in [0.3, 0.4) is 0 Å².